The number of nitrogens with one attached hydrogen (secondary N) is 1. The summed E-state index contributed by atoms with van der Waals surface area (Å²) in [5.41, 5.74) is -0.425. The number of aliphatic hydroxyl groups excluding tert-OH is 1. The molecule has 0 fully saturated rings. The van der Waals surface area contributed by atoms with Crippen LogP contribution < -0.4 is 5.32 Å². The fourth-order valence-electron chi connectivity index (χ4n) is 1.17. The zero-order valence-electron chi connectivity index (χ0n) is 9.83. The van der Waals surface area contributed by atoms with Crippen LogP contribution in [0.1, 0.15) is 24.2 Å². The summed E-state index contributed by atoms with van der Waals surface area (Å²) in [5.74, 6) is -1.50. The highest BCUT2D eigenvalue weighted by atomic mass is 19.1. The van der Waals surface area contributed by atoms with Crippen molar-refractivity contribution < 1.29 is 19.4 Å². The molecule has 1 aromatic rings. The van der Waals surface area contributed by atoms with Crippen LogP contribution in [0.25, 0.3) is 0 Å². The third-order valence-corrected chi connectivity index (χ3v) is 2.36. The number of hydrogen-bond donors (Lipinski definition) is 3. The predicted molar refractivity (Wildman–Crippen MR) is 61.3 cm³/mol. The zero-order chi connectivity index (χ0) is 13.1. The Kier molecular flexibility index (Phi) is 4.07. The van der Waals surface area contributed by atoms with Crippen molar-refractivity contribution in [2.75, 3.05) is 13.2 Å². The van der Waals surface area contributed by atoms with E-state index in [1.165, 1.54) is 6.07 Å². The van der Waals surface area contributed by atoms with Crippen LogP contribution in [0, 0.1) is 11.2 Å². The van der Waals surface area contributed by atoms with Crippen LogP contribution in [-0.2, 0) is 0 Å². The summed E-state index contributed by atoms with van der Waals surface area (Å²) in [6.45, 7) is 3.78. The molecule has 0 aliphatic carbocycles. The summed E-state index contributed by atoms with van der Waals surface area (Å²) in [4.78, 5) is 11.7. The summed E-state index contributed by atoms with van der Waals surface area (Å²) < 4.78 is 12.7. The molecule has 5 heteroatoms. The third-order valence-electron chi connectivity index (χ3n) is 2.36. The smallest absolute Gasteiger partial charge is 0.255 e. The fraction of sp³-hybridized carbons (Fsp3) is 0.417. The number of halogens is 1. The first-order valence-corrected chi connectivity index (χ1v) is 5.23. The molecule has 0 radical (unpaired) electrons. The van der Waals surface area contributed by atoms with Gasteiger partial charge in [0, 0.05) is 24.6 Å². The van der Waals surface area contributed by atoms with Crippen LogP contribution in [0.2, 0.25) is 0 Å². The fourth-order valence-corrected chi connectivity index (χ4v) is 1.17. The highest BCUT2D eigenvalue weighted by molar-refractivity contribution is 5.96. The minimum Gasteiger partial charge on any atom is -0.507 e. The molecule has 17 heavy (non-hydrogen) atoms. The van der Waals surface area contributed by atoms with Gasteiger partial charge >= 0.3 is 0 Å². The maximum Gasteiger partial charge on any atom is 0.255 e. The molecule has 0 unspecified atom stereocenters. The van der Waals surface area contributed by atoms with Crippen molar-refractivity contribution >= 4 is 5.91 Å². The molecule has 1 aromatic carbocycles. The molecule has 94 valence electrons. The molecule has 3 N–H and O–H groups in total. The van der Waals surface area contributed by atoms with E-state index in [1.54, 1.807) is 13.8 Å². The molecule has 0 spiro atoms. The number of benzene rings is 1. The van der Waals surface area contributed by atoms with Crippen LogP contribution in [0.15, 0.2) is 18.2 Å². The monoisotopic (exact) mass is 241 g/mol. The van der Waals surface area contributed by atoms with E-state index in [4.69, 9.17) is 5.11 Å². The first-order chi connectivity index (χ1) is 7.85. The Labute approximate surface area is 99.1 Å². The van der Waals surface area contributed by atoms with Gasteiger partial charge in [0.05, 0.1) is 5.56 Å². The lowest BCUT2D eigenvalue weighted by atomic mass is 9.95. The quantitative estimate of drug-likeness (QED) is 0.743. The number of carbonyl (C=O) groups excluding carboxylic acids is 1. The second-order valence-corrected chi connectivity index (χ2v) is 4.67. The number of aliphatic hydroxyl groups is 1. The highest BCUT2D eigenvalue weighted by Gasteiger charge is 2.19. The first-order valence-electron chi connectivity index (χ1n) is 5.23. The van der Waals surface area contributed by atoms with Gasteiger partial charge in [-0.15, -0.1) is 0 Å². The van der Waals surface area contributed by atoms with Gasteiger partial charge in [-0.1, -0.05) is 13.8 Å². The average molecular weight is 241 g/mol. The number of carbonyl (C=O) groups is 1. The molecule has 1 rings (SSSR count). The molecule has 0 aliphatic rings. The van der Waals surface area contributed by atoms with Gasteiger partial charge in [0.25, 0.3) is 5.91 Å². The number of aromatic hydroxyl groups is 1. The number of hydrogen-bond acceptors (Lipinski definition) is 3. The Morgan fingerprint density at radius 3 is 2.65 bits per heavy atom. The second-order valence-electron chi connectivity index (χ2n) is 4.67. The maximum atomic E-state index is 12.7. The predicted octanol–water partition coefficient (Wildman–Crippen LogP) is 1.28. The highest BCUT2D eigenvalue weighted by Crippen LogP contribution is 2.18. The van der Waals surface area contributed by atoms with E-state index in [1.807, 2.05) is 0 Å². The van der Waals surface area contributed by atoms with Gasteiger partial charge in [-0.25, -0.2) is 4.39 Å². The van der Waals surface area contributed by atoms with Crippen LogP contribution in [-0.4, -0.2) is 29.3 Å². The topological polar surface area (TPSA) is 69.6 Å². The van der Waals surface area contributed by atoms with E-state index in [0.717, 1.165) is 12.1 Å². The molecule has 0 aliphatic heterocycles. The van der Waals surface area contributed by atoms with Gasteiger partial charge < -0.3 is 15.5 Å². The Balaban J connectivity index is 2.71. The van der Waals surface area contributed by atoms with Gasteiger partial charge in [-0.3, -0.25) is 4.79 Å². The Morgan fingerprint density at radius 1 is 1.47 bits per heavy atom. The van der Waals surface area contributed by atoms with Crippen molar-refractivity contribution in [1.82, 2.24) is 5.32 Å². The lowest BCUT2D eigenvalue weighted by Crippen LogP contribution is -2.36. The van der Waals surface area contributed by atoms with Crippen molar-refractivity contribution in [3.8, 4) is 5.75 Å². The normalized spacial score (nSPS) is 11.3. The Hall–Kier alpha value is -1.62. The van der Waals surface area contributed by atoms with Gasteiger partial charge in [0.15, 0.2) is 0 Å². The minimum absolute atomic E-state index is 0.0140. The molecule has 0 aromatic heterocycles. The number of phenolic OH excluding ortho intramolecular Hbond substituents is 1. The van der Waals surface area contributed by atoms with Gasteiger partial charge in [0.1, 0.15) is 11.6 Å². The number of rotatable bonds is 4. The average Bonchev–Trinajstić information content (AvgIpc) is 2.26. The van der Waals surface area contributed by atoms with Crippen molar-refractivity contribution in [3.05, 3.63) is 29.6 Å². The molecule has 0 saturated carbocycles. The van der Waals surface area contributed by atoms with Crippen LogP contribution in [0.3, 0.4) is 0 Å². The molecule has 0 atom stereocenters. The SMILES string of the molecule is CC(C)(CO)CNC(=O)c1ccc(F)cc1O. The number of phenols is 1. The maximum absolute atomic E-state index is 12.7. The van der Waals surface area contributed by atoms with E-state index >= 15 is 0 Å². The molecule has 0 heterocycles. The lowest BCUT2D eigenvalue weighted by molar-refractivity contribution is 0.0908. The summed E-state index contributed by atoms with van der Waals surface area (Å²) in [6, 6.07) is 3.20. The van der Waals surface area contributed by atoms with Crippen LogP contribution in [0.4, 0.5) is 4.39 Å². The van der Waals surface area contributed by atoms with Crippen molar-refractivity contribution in [3.63, 3.8) is 0 Å². The van der Waals surface area contributed by atoms with E-state index < -0.39 is 22.9 Å². The largest absolute Gasteiger partial charge is 0.507 e. The third kappa shape index (κ3) is 3.71. The summed E-state index contributed by atoms with van der Waals surface area (Å²) in [5, 5.41) is 21.0. The van der Waals surface area contributed by atoms with E-state index in [9.17, 15) is 14.3 Å². The molecule has 0 bridgehead atoms. The van der Waals surface area contributed by atoms with Crippen LogP contribution >= 0.6 is 0 Å². The summed E-state index contributed by atoms with van der Waals surface area (Å²) in [6.07, 6.45) is 0. The first kappa shape index (κ1) is 13.4. The van der Waals surface area contributed by atoms with E-state index in [0.29, 0.717) is 0 Å². The van der Waals surface area contributed by atoms with Gasteiger partial charge in [-0.2, -0.15) is 0 Å². The second kappa shape index (κ2) is 5.14. The summed E-state index contributed by atoms with van der Waals surface area (Å²) in [7, 11) is 0. The van der Waals surface area contributed by atoms with Gasteiger partial charge in [-0.05, 0) is 12.1 Å². The zero-order valence-corrected chi connectivity index (χ0v) is 9.83. The summed E-state index contributed by atoms with van der Waals surface area (Å²) >= 11 is 0. The van der Waals surface area contributed by atoms with E-state index in [-0.39, 0.29) is 18.7 Å². The standard InChI is InChI=1S/C12H16FNO3/c1-12(2,7-15)6-14-11(17)9-4-3-8(13)5-10(9)16/h3-5,15-16H,6-7H2,1-2H3,(H,14,17). The minimum atomic E-state index is -0.602. The van der Waals surface area contributed by atoms with Crippen molar-refractivity contribution in [2.45, 2.75) is 13.8 Å². The molecule has 1 amide bonds. The molecular weight excluding hydrogens is 225 g/mol. The van der Waals surface area contributed by atoms with Crippen molar-refractivity contribution in [1.29, 1.82) is 0 Å². The lowest BCUT2D eigenvalue weighted by Gasteiger charge is -2.21. The molecule has 4 nitrogen and oxygen atoms in total. The van der Waals surface area contributed by atoms with E-state index in [2.05, 4.69) is 5.32 Å². The molecule has 0 saturated heterocycles. The van der Waals surface area contributed by atoms with Crippen LogP contribution in [0.5, 0.6) is 5.75 Å². The van der Waals surface area contributed by atoms with Gasteiger partial charge in [0.2, 0.25) is 0 Å². The van der Waals surface area contributed by atoms with Crippen molar-refractivity contribution in [2.24, 2.45) is 5.41 Å². The Bertz CT molecular complexity index is 418. The number of amides is 1. The molecular formula is C12H16FNO3. The Morgan fingerprint density at radius 2 is 2.12 bits per heavy atom.